The molecule has 2 N–H and O–H groups in total. The van der Waals surface area contributed by atoms with Crippen LogP contribution in [0.3, 0.4) is 0 Å². The maximum absolute atomic E-state index is 11.8. The highest BCUT2D eigenvalue weighted by Gasteiger charge is 2.55. The van der Waals surface area contributed by atoms with Crippen LogP contribution in [0.5, 0.6) is 0 Å². The first kappa shape index (κ1) is 22.3. The number of ether oxygens (including phenoxy) is 1. The predicted octanol–water partition coefficient (Wildman–Crippen LogP) is 3.29. The summed E-state index contributed by atoms with van der Waals surface area (Å²) in [6.45, 7) is 7.71. The molecule has 1 saturated carbocycles. The van der Waals surface area contributed by atoms with E-state index in [1.165, 1.54) is 6.92 Å². The molecule has 2 aliphatic rings. The molecule has 0 spiro atoms. The Kier molecular flexibility index (Phi) is 6.86. The van der Waals surface area contributed by atoms with Crippen LogP contribution in [0, 0.1) is 22.7 Å². The van der Waals surface area contributed by atoms with E-state index in [1.807, 2.05) is 0 Å². The van der Waals surface area contributed by atoms with Gasteiger partial charge in [0.05, 0.1) is 6.10 Å². The van der Waals surface area contributed by atoms with E-state index < -0.39 is 18.0 Å². The first-order chi connectivity index (χ1) is 13.0. The minimum absolute atomic E-state index is 0.0304. The van der Waals surface area contributed by atoms with E-state index in [4.69, 9.17) is 9.84 Å². The van der Waals surface area contributed by atoms with Gasteiger partial charge in [0.15, 0.2) is 0 Å². The van der Waals surface area contributed by atoms with Crippen molar-refractivity contribution in [3.05, 3.63) is 23.3 Å². The van der Waals surface area contributed by atoms with Crippen LogP contribution in [0.1, 0.15) is 59.8 Å². The summed E-state index contributed by atoms with van der Waals surface area (Å²) < 4.78 is 4.99. The highest BCUT2D eigenvalue weighted by molar-refractivity contribution is 5.81. The van der Waals surface area contributed by atoms with Crippen LogP contribution in [0.25, 0.3) is 0 Å². The lowest BCUT2D eigenvalue weighted by Gasteiger charge is -2.58. The number of fused-ring (bicyclic) bond motifs is 1. The van der Waals surface area contributed by atoms with Gasteiger partial charge in [-0.25, -0.2) is 4.79 Å². The van der Waals surface area contributed by atoms with Crippen molar-refractivity contribution in [3.8, 4) is 0 Å². The minimum atomic E-state index is -1.09. The van der Waals surface area contributed by atoms with Crippen LogP contribution in [0.2, 0.25) is 0 Å². The van der Waals surface area contributed by atoms with E-state index in [0.717, 1.165) is 31.6 Å². The molecule has 6 nitrogen and oxygen atoms in total. The highest BCUT2D eigenvalue weighted by Crippen LogP contribution is 2.60. The second-order valence-electron chi connectivity index (χ2n) is 9.11. The standard InChI is InChI=1S/C22H32O6/c1-14(24)28-13-15(10-19(26)27)6-7-17-16(12-23)11-18(25)20-21(2,3)8-5-9-22(17,20)4/h10-12,17-18,20,25H,5-9,13H2,1-4H3,(H,26,27)/b15-10+/t17-,18+,20+,22-/m1/s1. The monoisotopic (exact) mass is 392 g/mol. The molecule has 0 aliphatic heterocycles. The number of esters is 1. The number of hydrogen-bond acceptors (Lipinski definition) is 5. The molecule has 1 fully saturated rings. The number of hydrogen-bond donors (Lipinski definition) is 2. The van der Waals surface area contributed by atoms with Crippen molar-refractivity contribution in [1.82, 2.24) is 0 Å². The third-order valence-electron chi connectivity index (χ3n) is 6.67. The van der Waals surface area contributed by atoms with Gasteiger partial charge in [-0.3, -0.25) is 9.59 Å². The summed E-state index contributed by atoms with van der Waals surface area (Å²) in [4.78, 5) is 34.0. The molecule has 0 bridgehead atoms. The first-order valence-electron chi connectivity index (χ1n) is 9.92. The zero-order chi connectivity index (χ0) is 21.1. The third kappa shape index (κ3) is 4.72. The van der Waals surface area contributed by atoms with Crippen LogP contribution in [0.15, 0.2) is 23.3 Å². The largest absolute Gasteiger partial charge is 0.478 e. The molecule has 0 radical (unpaired) electrons. The summed E-state index contributed by atoms with van der Waals surface area (Å²) in [6, 6.07) is 0. The van der Waals surface area contributed by atoms with Gasteiger partial charge in [0.1, 0.15) is 12.9 Å². The average Bonchev–Trinajstić information content (AvgIpc) is 2.56. The molecule has 156 valence electrons. The van der Waals surface area contributed by atoms with E-state index in [-0.39, 0.29) is 29.3 Å². The van der Waals surface area contributed by atoms with E-state index >= 15 is 0 Å². The molecule has 4 atom stereocenters. The Hall–Kier alpha value is -1.95. The summed E-state index contributed by atoms with van der Waals surface area (Å²) in [6.07, 6.45) is 6.87. The van der Waals surface area contributed by atoms with E-state index in [1.54, 1.807) is 6.08 Å². The molecular formula is C22H32O6. The van der Waals surface area contributed by atoms with Gasteiger partial charge in [-0.15, -0.1) is 0 Å². The van der Waals surface area contributed by atoms with Gasteiger partial charge in [0.25, 0.3) is 0 Å². The number of carbonyl (C=O) groups excluding carboxylic acids is 2. The quantitative estimate of drug-likeness (QED) is 0.392. The van der Waals surface area contributed by atoms with Crippen molar-refractivity contribution in [2.45, 2.75) is 65.9 Å². The fraction of sp³-hybridized carbons (Fsp3) is 0.682. The van der Waals surface area contributed by atoms with Gasteiger partial charge in [-0.1, -0.05) is 27.2 Å². The lowest BCUT2D eigenvalue weighted by atomic mass is 9.47. The summed E-state index contributed by atoms with van der Waals surface area (Å²) in [5, 5.41) is 19.9. The maximum Gasteiger partial charge on any atom is 0.328 e. The second-order valence-corrected chi connectivity index (χ2v) is 9.11. The summed E-state index contributed by atoms with van der Waals surface area (Å²) in [5.41, 5.74) is 0.801. The maximum atomic E-state index is 11.8. The lowest BCUT2D eigenvalue weighted by Crippen LogP contribution is -2.54. The smallest absolute Gasteiger partial charge is 0.328 e. The SMILES string of the molecule is CC(=O)OC/C(=C/C(=O)O)CC[C@@H]1C(C=O)=C[C@H](O)[C@H]2C(C)(C)CCC[C@]12C. The van der Waals surface area contributed by atoms with Crippen LogP contribution in [-0.4, -0.2) is 41.1 Å². The molecule has 0 aromatic heterocycles. The summed E-state index contributed by atoms with van der Waals surface area (Å²) in [5.74, 6) is -1.60. The zero-order valence-corrected chi connectivity index (χ0v) is 17.2. The molecule has 0 unspecified atom stereocenters. The topological polar surface area (TPSA) is 101 Å². The Morgan fingerprint density at radius 1 is 1.29 bits per heavy atom. The van der Waals surface area contributed by atoms with Gasteiger partial charge in [0, 0.05) is 13.0 Å². The number of allylic oxidation sites excluding steroid dienone is 1. The van der Waals surface area contributed by atoms with Crippen molar-refractivity contribution in [1.29, 1.82) is 0 Å². The number of carboxylic acid groups (broad SMARTS) is 1. The fourth-order valence-corrected chi connectivity index (χ4v) is 5.66. The second kappa shape index (κ2) is 8.60. The van der Waals surface area contributed by atoms with Gasteiger partial charge >= 0.3 is 11.9 Å². The van der Waals surface area contributed by atoms with Crippen molar-refractivity contribution >= 4 is 18.2 Å². The van der Waals surface area contributed by atoms with Gasteiger partial charge < -0.3 is 14.9 Å². The van der Waals surface area contributed by atoms with Gasteiger partial charge in [-0.2, -0.15) is 0 Å². The van der Waals surface area contributed by atoms with Crippen molar-refractivity contribution in [2.75, 3.05) is 6.61 Å². The summed E-state index contributed by atoms with van der Waals surface area (Å²) in [7, 11) is 0. The molecular weight excluding hydrogens is 360 g/mol. The lowest BCUT2D eigenvalue weighted by molar-refractivity contribution is -0.140. The van der Waals surface area contributed by atoms with Crippen LogP contribution < -0.4 is 0 Å². The molecule has 28 heavy (non-hydrogen) atoms. The zero-order valence-electron chi connectivity index (χ0n) is 17.2. The molecule has 0 aromatic rings. The Balaban J connectivity index is 2.30. The van der Waals surface area contributed by atoms with E-state index in [2.05, 4.69) is 20.8 Å². The number of aliphatic hydroxyl groups is 1. The summed E-state index contributed by atoms with van der Waals surface area (Å²) >= 11 is 0. The molecule has 6 heteroatoms. The number of aldehydes is 1. The Labute approximate surface area is 166 Å². The molecule has 0 saturated heterocycles. The number of carbonyl (C=O) groups is 3. The minimum Gasteiger partial charge on any atom is -0.478 e. The van der Waals surface area contributed by atoms with Crippen molar-refractivity contribution < 1.29 is 29.3 Å². The number of aliphatic carboxylic acids is 1. The van der Waals surface area contributed by atoms with Crippen LogP contribution in [-0.2, 0) is 19.1 Å². The average molecular weight is 392 g/mol. The Morgan fingerprint density at radius 3 is 2.54 bits per heavy atom. The van der Waals surface area contributed by atoms with Gasteiger partial charge in [-0.05, 0) is 65.6 Å². The van der Waals surface area contributed by atoms with E-state index in [9.17, 15) is 19.5 Å². The van der Waals surface area contributed by atoms with E-state index in [0.29, 0.717) is 24.0 Å². The first-order valence-corrected chi connectivity index (χ1v) is 9.92. The number of rotatable bonds is 7. The molecule has 0 heterocycles. The third-order valence-corrected chi connectivity index (χ3v) is 6.67. The Bertz CT molecular complexity index is 689. The van der Waals surface area contributed by atoms with Crippen molar-refractivity contribution in [3.63, 3.8) is 0 Å². The number of aliphatic hydroxyl groups excluding tert-OH is 1. The van der Waals surface area contributed by atoms with Gasteiger partial charge in [0.2, 0.25) is 0 Å². The van der Waals surface area contributed by atoms with Crippen LogP contribution in [0.4, 0.5) is 0 Å². The highest BCUT2D eigenvalue weighted by atomic mass is 16.5. The molecule has 2 rings (SSSR count). The predicted molar refractivity (Wildman–Crippen MR) is 104 cm³/mol. The number of carboxylic acids is 1. The van der Waals surface area contributed by atoms with Crippen LogP contribution >= 0.6 is 0 Å². The molecule has 2 aliphatic carbocycles. The molecule has 0 aromatic carbocycles. The normalized spacial score (nSPS) is 32.1. The van der Waals surface area contributed by atoms with Crippen molar-refractivity contribution in [2.24, 2.45) is 22.7 Å². The fourth-order valence-electron chi connectivity index (χ4n) is 5.66. The Morgan fingerprint density at radius 2 is 1.96 bits per heavy atom. The molecule has 0 amide bonds.